The molecule has 0 amide bonds. The van der Waals surface area contributed by atoms with E-state index in [0.29, 0.717) is 38.0 Å². The number of ketones is 1. The number of epoxide rings is 1. The van der Waals surface area contributed by atoms with Crippen LogP contribution in [0.5, 0.6) is 0 Å². The van der Waals surface area contributed by atoms with Gasteiger partial charge < -0.3 is 74.7 Å². The second-order valence-electron chi connectivity index (χ2n) is 23.9. The van der Waals surface area contributed by atoms with E-state index >= 15 is 0 Å². The summed E-state index contributed by atoms with van der Waals surface area (Å²) in [7, 11) is -4.98. The number of ether oxygens (including phenoxy) is 5. The van der Waals surface area contributed by atoms with Crippen molar-refractivity contribution in [3.05, 3.63) is 73.4 Å². The molecular formula is C62H104O20S. The largest absolute Gasteiger partial charge is 0.397 e. The van der Waals surface area contributed by atoms with Crippen molar-refractivity contribution in [3.63, 3.8) is 0 Å². The number of Topliss-reactive ketones (excluding diaryl/α,β-unsaturated/α-hetero) is 1. The van der Waals surface area contributed by atoms with Crippen molar-refractivity contribution in [1.82, 2.24) is 0 Å². The molecule has 4 aliphatic heterocycles. The second-order valence-corrected chi connectivity index (χ2v) is 25.0. The maximum absolute atomic E-state index is 13.1. The van der Waals surface area contributed by atoms with Gasteiger partial charge in [-0.25, -0.2) is 4.18 Å². The molecular weight excluding hydrogens is 1100 g/mol. The van der Waals surface area contributed by atoms with Crippen LogP contribution in [0, 0.1) is 5.92 Å². The second kappa shape index (κ2) is 38.6. The molecule has 21 heteroatoms. The molecule has 4 rings (SSSR count). The highest BCUT2D eigenvalue weighted by Crippen LogP contribution is 2.35. The number of rotatable bonds is 44. The minimum absolute atomic E-state index is 0.0223. The van der Waals surface area contributed by atoms with Crippen LogP contribution in [0.25, 0.3) is 0 Å². The number of carbonyl (C=O) groups is 1. The van der Waals surface area contributed by atoms with Crippen molar-refractivity contribution < 1.29 is 96.7 Å². The Morgan fingerprint density at radius 3 is 2.10 bits per heavy atom. The van der Waals surface area contributed by atoms with E-state index < -0.39 is 115 Å². The summed E-state index contributed by atoms with van der Waals surface area (Å²) in [6.07, 6.45) is 12.1. The lowest BCUT2D eigenvalue weighted by Gasteiger charge is -2.41. The zero-order valence-corrected chi connectivity index (χ0v) is 50.1. The van der Waals surface area contributed by atoms with Gasteiger partial charge in [0.2, 0.25) is 0 Å². The van der Waals surface area contributed by atoms with E-state index in [1.165, 1.54) is 45.4 Å². The lowest BCUT2D eigenvalue weighted by atomic mass is 9.90. The number of hydrogen-bond donors (Lipinski definition) is 11. The Bertz CT molecular complexity index is 2080. The lowest BCUT2D eigenvalue weighted by molar-refractivity contribution is -0.313. The standard InChI is InChI=1S/C62H104O20S/c1-6-21-42(4)32-48-37-50(69)52(77-48)26-19-18-24-40(2)22-16-14-12-10-8-7-9-11-13-15-17-23-41(3)28-31-54-53(79-54)27-20-25-47(78-62-60(73)59(72)58(71)57(39-63)81-62)36-46(67)35-45(66)34-44(65)29-30-49(68)55-38-51(70)61(82-83(74,75)76)56(80-55)33-43(5)64/h6,8,10,16,18-19,22,41,43-44,46-65,67-73H,1-2,4,7,9,11-15,17,20-21,23-39H2,3,5H3,(H,74,75,76)/b10-8+,19-18+,22-16+/t41?,43?,44?,46?,47?,48-,49?,50-,51+,52+,53?,54?,55+,56-,57-,58-,59+,60-,61+,62-/m1/s1. The minimum atomic E-state index is -4.98. The Morgan fingerprint density at radius 1 is 0.675 bits per heavy atom. The number of allylic oxidation sites excluding steroid dienone is 7. The van der Waals surface area contributed by atoms with Crippen molar-refractivity contribution in [2.45, 2.75) is 297 Å². The summed E-state index contributed by atoms with van der Waals surface area (Å²) in [5, 5.41) is 105. The van der Waals surface area contributed by atoms with Gasteiger partial charge in [0.05, 0.1) is 86.0 Å². The number of unbranched alkanes of at least 4 members (excludes halogenated alkanes) is 6. The van der Waals surface area contributed by atoms with E-state index in [4.69, 9.17) is 28.2 Å². The summed E-state index contributed by atoms with van der Waals surface area (Å²) < 4.78 is 66.0. The summed E-state index contributed by atoms with van der Waals surface area (Å²) >= 11 is 0. The number of hydrogen-bond acceptors (Lipinski definition) is 19. The highest BCUT2D eigenvalue weighted by molar-refractivity contribution is 7.80. The quantitative estimate of drug-likeness (QED) is 0.0107. The Labute approximate surface area is 493 Å². The fourth-order valence-corrected chi connectivity index (χ4v) is 11.9. The molecule has 4 heterocycles. The summed E-state index contributed by atoms with van der Waals surface area (Å²) in [5.41, 5.74) is 2.13. The summed E-state index contributed by atoms with van der Waals surface area (Å²) in [6.45, 7) is 15.0. The molecule has 0 aliphatic carbocycles. The molecule has 8 unspecified atom stereocenters. The summed E-state index contributed by atoms with van der Waals surface area (Å²) in [5.74, 6) is 0.0840. The van der Waals surface area contributed by atoms with E-state index in [0.717, 1.165) is 62.5 Å². The smallest absolute Gasteiger partial charge is 0.394 e. The SMILES string of the molecule is C=CCC(=C)C[C@@H]1C[C@@H](O)[C@H](C/C=C/CC(=C)/C=C/CC/C=C/CCCCCCCC(C)CCC2OC2CCCC(CC(O)CC(=O)CC(O)CCC(O)[C@@H]2C[C@H](O)[C@H](OS(=O)(=O)O)[C@@H](CC(C)O)O2)O[C@@H]2O[C@H](CO)[C@@H](O)[C@H](O)[C@H]2O)O1. The average molecular weight is 1200 g/mol. The third-order valence-electron chi connectivity index (χ3n) is 16.1. The molecule has 20 nitrogen and oxygen atoms in total. The zero-order chi connectivity index (χ0) is 61.1. The molecule has 0 bridgehead atoms. The highest BCUT2D eigenvalue weighted by Gasteiger charge is 2.46. The normalized spacial score (nSPS) is 30.9. The van der Waals surface area contributed by atoms with Crippen LogP contribution in [0.15, 0.2) is 73.4 Å². The third-order valence-corrected chi connectivity index (χ3v) is 16.6. The first-order valence-electron chi connectivity index (χ1n) is 30.6. The van der Waals surface area contributed by atoms with Crippen LogP contribution in [-0.4, -0.2) is 193 Å². The molecule has 20 atom stereocenters. The number of aliphatic hydroxyl groups is 10. The van der Waals surface area contributed by atoms with Crippen molar-refractivity contribution >= 4 is 16.2 Å². The fraction of sp³-hybridized carbons (Fsp3) is 0.790. The molecule has 11 N–H and O–H groups in total. The van der Waals surface area contributed by atoms with E-state index in [-0.39, 0.29) is 69.4 Å². The van der Waals surface area contributed by atoms with Crippen LogP contribution < -0.4 is 0 Å². The minimum Gasteiger partial charge on any atom is -0.394 e. The molecule has 0 spiro atoms. The monoisotopic (exact) mass is 1200 g/mol. The van der Waals surface area contributed by atoms with E-state index in [1.54, 1.807) is 0 Å². The molecule has 4 saturated heterocycles. The first-order valence-corrected chi connectivity index (χ1v) is 31.9. The van der Waals surface area contributed by atoms with Crippen LogP contribution >= 0.6 is 0 Å². The van der Waals surface area contributed by atoms with Gasteiger partial charge in [0, 0.05) is 38.5 Å². The number of carbonyl (C=O) groups excluding carboxylic acids is 1. The lowest BCUT2D eigenvalue weighted by Crippen LogP contribution is -2.59. The molecule has 478 valence electrons. The van der Waals surface area contributed by atoms with Gasteiger partial charge in [0.15, 0.2) is 6.29 Å². The molecule has 0 aromatic heterocycles. The predicted octanol–water partition coefficient (Wildman–Crippen LogP) is 6.16. The van der Waals surface area contributed by atoms with Gasteiger partial charge in [-0.2, -0.15) is 8.42 Å². The van der Waals surface area contributed by atoms with E-state index in [1.807, 2.05) is 6.08 Å². The molecule has 0 aromatic rings. The van der Waals surface area contributed by atoms with Crippen LogP contribution in [0.3, 0.4) is 0 Å². The molecule has 0 aromatic carbocycles. The van der Waals surface area contributed by atoms with Crippen molar-refractivity contribution in [2.75, 3.05) is 6.61 Å². The Balaban J connectivity index is 1.07. The Morgan fingerprint density at radius 2 is 1.37 bits per heavy atom. The van der Waals surface area contributed by atoms with Crippen molar-refractivity contribution in [3.8, 4) is 0 Å². The molecule has 4 fully saturated rings. The van der Waals surface area contributed by atoms with Crippen molar-refractivity contribution in [1.29, 1.82) is 0 Å². The molecule has 0 radical (unpaired) electrons. The molecule has 0 saturated carbocycles. The maximum atomic E-state index is 13.1. The molecule has 4 aliphatic rings. The fourth-order valence-electron chi connectivity index (χ4n) is 11.4. The Kier molecular flexibility index (Phi) is 33.9. The highest BCUT2D eigenvalue weighted by atomic mass is 32.3. The topological polar surface area (TPSA) is 332 Å². The van der Waals surface area contributed by atoms with Gasteiger partial charge >= 0.3 is 10.4 Å². The van der Waals surface area contributed by atoms with Crippen molar-refractivity contribution in [2.24, 2.45) is 5.92 Å². The van der Waals surface area contributed by atoms with Crippen LogP contribution in [0.4, 0.5) is 0 Å². The van der Waals surface area contributed by atoms with Gasteiger partial charge in [0.25, 0.3) is 0 Å². The first-order chi connectivity index (χ1) is 39.5. The van der Waals surface area contributed by atoms with Gasteiger partial charge in [0.1, 0.15) is 36.3 Å². The average Bonchev–Trinajstić information content (AvgIpc) is 4.31. The predicted molar refractivity (Wildman–Crippen MR) is 313 cm³/mol. The maximum Gasteiger partial charge on any atom is 0.397 e. The summed E-state index contributed by atoms with van der Waals surface area (Å²) in [6, 6.07) is 0. The van der Waals surface area contributed by atoms with Gasteiger partial charge in [-0.3, -0.25) is 9.35 Å². The first kappa shape index (κ1) is 72.9. The van der Waals surface area contributed by atoms with Gasteiger partial charge in [-0.1, -0.05) is 106 Å². The molecule has 83 heavy (non-hydrogen) atoms. The van der Waals surface area contributed by atoms with Gasteiger partial charge in [-0.15, -0.1) is 6.58 Å². The number of aliphatic hydroxyl groups excluding tert-OH is 10. The van der Waals surface area contributed by atoms with Gasteiger partial charge in [-0.05, 0) is 109 Å². The van der Waals surface area contributed by atoms with Crippen LogP contribution in [0.1, 0.15) is 181 Å². The third kappa shape index (κ3) is 28.8. The van der Waals surface area contributed by atoms with E-state index in [9.17, 15) is 64.3 Å². The summed E-state index contributed by atoms with van der Waals surface area (Å²) in [4.78, 5) is 13.1. The van der Waals surface area contributed by atoms with Crippen LogP contribution in [-0.2, 0) is 43.1 Å². The Hall–Kier alpha value is -2.62. The zero-order valence-electron chi connectivity index (χ0n) is 49.3. The van der Waals surface area contributed by atoms with E-state index in [2.05, 4.69) is 67.3 Å². The van der Waals surface area contributed by atoms with Crippen LogP contribution in [0.2, 0.25) is 0 Å².